The highest BCUT2D eigenvalue weighted by atomic mass is 35.5. The molecular formula is C15H12ClFN4OS. The van der Waals surface area contributed by atoms with E-state index >= 15 is 0 Å². The zero-order valence-electron chi connectivity index (χ0n) is 12.1. The van der Waals surface area contributed by atoms with Crippen molar-refractivity contribution in [3.63, 3.8) is 0 Å². The third-order valence-corrected chi connectivity index (χ3v) is 4.93. The van der Waals surface area contributed by atoms with Crippen LogP contribution in [-0.2, 0) is 6.54 Å². The van der Waals surface area contributed by atoms with Crippen LogP contribution in [0.15, 0.2) is 30.6 Å². The molecule has 2 heterocycles. The summed E-state index contributed by atoms with van der Waals surface area (Å²) in [5.41, 5.74) is 6.17. The lowest BCUT2D eigenvalue weighted by Gasteiger charge is -2.16. The van der Waals surface area contributed by atoms with E-state index in [2.05, 4.69) is 9.97 Å². The molecule has 2 N–H and O–H groups in total. The van der Waals surface area contributed by atoms with Crippen LogP contribution >= 0.6 is 22.9 Å². The lowest BCUT2D eigenvalue weighted by atomic mass is 10.2. The third-order valence-electron chi connectivity index (χ3n) is 3.29. The molecule has 0 atom stereocenters. The van der Waals surface area contributed by atoms with Gasteiger partial charge in [0.15, 0.2) is 0 Å². The summed E-state index contributed by atoms with van der Waals surface area (Å²) >= 11 is 7.38. The molecule has 118 valence electrons. The van der Waals surface area contributed by atoms with E-state index in [0.717, 1.165) is 5.56 Å². The predicted molar refractivity (Wildman–Crippen MR) is 89.0 cm³/mol. The van der Waals surface area contributed by atoms with Crippen molar-refractivity contribution in [3.8, 4) is 0 Å². The van der Waals surface area contributed by atoms with Crippen LogP contribution in [0.4, 0.5) is 10.3 Å². The lowest BCUT2D eigenvalue weighted by molar-refractivity contribution is 0.0790. The Kier molecular flexibility index (Phi) is 4.14. The largest absolute Gasteiger partial charge is 0.368 e. The Balaban J connectivity index is 1.89. The number of amides is 1. The number of nitrogens with two attached hydrogens (primary N) is 1. The number of fused-ring (bicyclic) bond motifs is 1. The SMILES string of the molecule is CN(Cc1cnc(N)nc1)C(=O)c1sc2cccc(F)c2c1Cl. The summed E-state index contributed by atoms with van der Waals surface area (Å²) in [4.78, 5) is 22.1. The van der Waals surface area contributed by atoms with Gasteiger partial charge in [-0.2, -0.15) is 0 Å². The van der Waals surface area contributed by atoms with Gasteiger partial charge in [-0.15, -0.1) is 11.3 Å². The molecule has 3 aromatic rings. The van der Waals surface area contributed by atoms with E-state index in [-0.39, 0.29) is 22.3 Å². The molecule has 0 radical (unpaired) electrons. The van der Waals surface area contributed by atoms with Gasteiger partial charge >= 0.3 is 0 Å². The zero-order valence-corrected chi connectivity index (χ0v) is 13.7. The molecule has 23 heavy (non-hydrogen) atoms. The summed E-state index contributed by atoms with van der Waals surface area (Å²) in [6.07, 6.45) is 3.11. The Morgan fingerprint density at radius 1 is 1.39 bits per heavy atom. The first kappa shape index (κ1) is 15.6. The molecule has 1 aromatic carbocycles. The Labute approximate surface area is 140 Å². The first-order chi connectivity index (χ1) is 11.0. The number of benzene rings is 1. The average Bonchev–Trinajstić information content (AvgIpc) is 2.87. The highest BCUT2D eigenvalue weighted by molar-refractivity contribution is 7.21. The van der Waals surface area contributed by atoms with Crippen molar-refractivity contribution in [2.45, 2.75) is 6.54 Å². The fourth-order valence-electron chi connectivity index (χ4n) is 2.17. The minimum Gasteiger partial charge on any atom is -0.368 e. The second-order valence-electron chi connectivity index (χ2n) is 4.97. The van der Waals surface area contributed by atoms with Crippen LogP contribution < -0.4 is 5.73 Å². The molecule has 0 saturated heterocycles. The minimum atomic E-state index is -0.433. The molecule has 0 aliphatic heterocycles. The summed E-state index contributed by atoms with van der Waals surface area (Å²) in [5, 5.41) is 0.431. The minimum absolute atomic E-state index is 0.147. The molecule has 0 aliphatic carbocycles. The standard InChI is InChI=1S/C15H12ClFN4OS/c1-21(7-8-5-19-15(18)20-6-8)14(22)13-12(16)11-9(17)3-2-4-10(11)23-13/h2-6H,7H2,1H3,(H2,18,19,20). The van der Waals surface area contributed by atoms with E-state index in [1.165, 1.54) is 22.3 Å². The van der Waals surface area contributed by atoms with Crippen molar-refractivity contribution in [1.82, 2.24) is 14.9 Å². The summed E-state index contributed by atoms with van der Waals surface area (Å²) in [6, 6.07) is 4.65. The van der Waals surface area contributed by atoms with Gasteiger partial charge in [0.05, 0.1) is 5.02 Å². The first-order valence-electron chi connectivity index (χ1n) is 6.65. The third kappa shape index (κ3) is 2.97. The second kappa shape index (κ2) is 6.10. The molecule has 8 heteroatoms. The number of halogens is 2. The van der Waals surface area contributed by atoms with Gasteiger partial charge in [-0.3, -0.25) is 4.79 Å². The van der Waals surface area contributed by atoms with E-state index in [9.17, 15) is 9.18 Å². The fraction of sp³-hybridized carbons (Fsp3) is 0.133. The number of nitrogen functional groups attached to an aromatic ring is 1. The van der Waals surface area contributed by atoms with Crippen molar-refractivity contribution in [3.05, 3.63) is 51.9 Å². The topological polar surface area (TPSA) is 72.1 Å². The number of thiophene rings is 1. The molecule has 5 nitrogen and oxygen atoms in total. The zero-order chi connectivity index (χ0) is 16.6. The molecule has 0 saturated carbocycles. The maximum atomic E-state index is 13.9. The molecular weight excluding hydrogens is 339 g/mol. The van der Waals surface area contributed by atoms with Crippen LogP contribution in [0, 0.1) is 5.82 Å². The van der Waals surface area contributed by atoms with Gasteiger partial charge in [0.25, 0.3) is 5.91 Å². The summed E-state index contributed by atoms with van der Waals surface area (Å²) in [5.74, 6) is -0.546. The Morgan fingerprint density at radius 2 is 2.09 bits per heavy atom. The molecule has 3 rings (SSSR count). The number of hydrogen-bond acceptors (Lipinski definition) is 5. The molecule has 0 unspecified atom stereocenters. The number of nitrogens with zero attached hydrogens (tertiary/aromatic N) is 3. The summed E-state index contributed by atoms with van der Waals surface area (Å²) < 4.78 is 14.5. The van der Waals surface area contributed by atoms with E-state index < -0.39 is 5.82 Å². The highest BCUT2D eigenvalue weighted by Crippen LogP contribution is 2.37. The van der Waals surface area contributed by atoms with Crippen LogP contribution in [0.3, 0.4) is 0 Å². The van der Waals surface area contributed by atoms with Crippen molar-refractivity contribution in [1.29, 1.82) is 0 Å². The van der Waals surface area contributed by atoms with Gasteiger partial charge in [0.2, 0.25) is 5.95 Å². The van der Waals surface area contributed by atoms with Gasteiger partial charge in [-0.25, -0.2) is 14.4 Å². The quantitative estimate of drug-likeness (QED) is 0.786. The normalized spacial score (nSPS) is 10.9. The van der Waals surface area contributed by atoms with Gasteiger partial charge in [0, 0.05) is 41.6 Å². The van der Waals surface area contributed by atoms with E-state index in [1.807, 2.05) is 0 Å². The first-order valence-corrected chi connectivity index (χ1v) is 7.85. The van der Waals surface area contributed by atoms with Crippen LogP contribution in [0.25, 0.3) is 10.1 Å². The molecule has 0 bridgehead atoms. The Hall–Kier alpha value is -2.25. The highest BCUT2D eigenvalue weighted by Gasteiger charge is 2.22. The number of rotatable bonds is 3. The van der Waals surface area contributed by atoms with Crippen LogP contribution in [0.5, 0.6) is 0 Å². The maximum Gasteiger partial charge on any atom is 0.265 e. The maximum absolute atomic E-state index is 13.9. The second-order valence-corrected chi connectivity index (χ2v) is 6.40. The number of carbonyl (C=O) groups excluding carboxylic acids is 1. The summed E-state index contributed by atoms with van der Waals surface area (Å²) in [6.45, 7) is 0.298. The molecule has 0 fully saturated rings. The van der Waals surface area contributed by atoms with Gasteiger partial charge in [-0.1, -0.05) is 17.7 Å². The fourth-order valence-corrected chi connectivity index (χ4v) is 3.72. The van der Waals surface area contributed by atoms with Crippen molar-refractivity contribution < 1.29 is 9.18 Å². The number of anilines is 1. The van der Waals surface area contributed by atoms with Crippen molar-refractivity contribution >= 4 is 44.9 Å². The number of aromatic nitrogens is 2. The van der Waals surface area contributed by atoms with E-state index in [0.29, 0.717) is 16.1 Å². The van der Waals surface area contributed by atoms with Crippen molar-refractivity contribution in [2.24, 2.45) is 0 Å². The van der Waals surface area contributed by atoms with E-state index in [4.69, 9.17) is 17.3 Å². The Morgan fingerprint density at radius 3 is 2.74 bits per heavy atom. The summed E-state index contributed by atoms with van der Waals surface area (Å²) in [7, 11) is 1.63. The molecule has 1 amide bonds. The number of hydrogen-bond donors (Lipinski definition) is 1. The van der Waals surface area contributed by atoms with E-state index in [1.54, 1.807) is 31.6 Å². The Bertz CT molecular complexity index is 881. The van der Waals surface area contributed by atoms with Gasteiger partial charge in [-0.05, 0) is 12.1 Å². The predicted octanol–water partition coefficient (Wildman–Crippen LogP) is 3.34. The monoisotopic (exact) mass is 350 g/mol. The smallest absolute Gasteiger partial charge is 0.265 e. The van der Waals surface area contributed by atoms with Crippen LogP contribution in [-0.4, -0.2) is 27.8 Å². The van der Waals surface area contributed by atoms with Gasteiger partial charge < -0.3 is 10.6 Å². The molecule has 2 aromatic heterocycles. The lowest BCUT2D eigenvalue weighted by Crippen LogP contribution is -2.25. The van der Waals surface area contributed by atoms with Crippen LogP contribution in [0.2, 0.25) is 5.02 Å². The van der Waals surface area contributed by atoms with Gasteiger partial charge in [0.1, 0.15) is 10.7 Å². The average molecular weight is 351 g/mol. The molecule has 0 spiro atoms. The number of carbonyl (C=O) groups is 1. The molecule has 0 aliphatic rings. The van der Waals surface area contributed by atoms with Crippen LogP contribution in [0.1, 0.15) is 15.2 Å². The van der Waals surface area contributed by atoms with Crippen molar-refractivity contribution in [2.75, 3.05) is 12.8 Å².